The van der Waals surface area contributed by atoms with Crippen LogP contribution in [0.15, 0.2) is 42.9 Å². The quantitative estimate of drug-likeness (QED) is 0.384. The van der Waals surface area contributed by atoms with Crippen molar-refractivity contribution in [3.63, 3.8) is 0 Å². The van der Waals surface area contributed by atoms with Crippen LogP contribution in [0.4, 0.5) is 10.2 Å². The van der Waals surface area contributed by atoms with Crippen molar-refractivity contribution >= 4 is 11.7 Å². The first-order valence-electron chi connectivity index (χ1n) is 11.2. The Balaban J connectivity index is 1.86. The van der Waals surface area contributed by atoms with E-state index in [1.54, 1.807) is 38.2 Å². The molecule has 0 bridgehead atoms. The largest absolute Gasteiger partial charge is 0.391 e. The lowest BCUT2D eigenvalue weighted by atomic mass is 9.98. The number of carbonyl (C=O) groups excluding carboxylic acids is 1. The van der Waals surface area contributed by atoms with Gasteiger partial charge in [0.1, 0.15) is 18.0 Å². The van der Waals surface area contributed by atoms with Crippen molar-refractivity contribution in [1.29, 1.82) is 0 Å². The average Bonchev–Trinajstić information content (AvgIpc) is 2.80. The van der Waals surface area contributed by atoms with Crippen LogP contribution < -0.4 is 16.8 Å². The van der Waals surface area contributed by atoms with Crippen LogP contribution in [0.3, 0.4) is 0 Å². The van der Waals surface area contributed by atoms with Crippen LogP contribution in [0.2, 0.25) is 0 Å². The molecule has 0 saturated carbocycles. The van der Waals surface area contributed by atoms with Gasteiger partial charge in [0.05, 0.1) is 28.6 Å². The number of nitrogens with two attached hydrogens (primary N) is 2. The molecule has 0 radical (unpaired) electrons. The number of halogens is 1. The summed E-state index contributed by atoms with van der Waals surface area (Å²) in [6, 6.07) is 7.64. The lowest BCUT2D eigenvalue weighted by molar-refractivity contribution is 0.0889. The van der Waals surface area contributed by atoms with Gasteiger partial charge >= 0.3 is 0 Å². The van der Waals surface area contributed by atoms with E-state index in [-0.39, 0.29) is 12.1 Å². The Hall–Kier alpha value is -3.87. The van der Waals surface area contributed by atoms with Crippen LogP contribution in [0.5, 0.6) is 0 Å². The van der Waals surface area contributed by atoms with Crippen molar-refractivity contribution in [1.82, 2.24) is 20.3 Å². The number of benzene rings is 1. The van der Waals surface area contributed by atoms with Crippen molar-refractivity contribution in [3.05, 3.63) is 71.1 Å². The maximum absolute atomic E-state index is 14.9. The topological polar surface area (TPSA) is 140 Å². The van der Waals surface area contributed by atoms with Gasteiger partial charge in [0.15, 0.2) is 0 Å². The first kappa shape index (κ1) is 25.7. The Morgan fingerprint density at radius 1 is 1.20 bits per heavy atom. The van der Waals surface area contributed by atoms with Crippen LogP contribution >= 0.6 is 0 Å². The second kappa shape index (κ2) is 11.0. The summed E-state index contributed by atoms with van der Waals surface area (Å²) in [5.74, 6) is 5.15. The van der Waals surface area contributed by atoms with Crippen LogP contribution in [0.1, 0.15) is 54.4 Å². The zero-order valence-corrected chi connectivity index (χ0v) is 20.0. The first-order valence-corrected chi connectivity index (χ1v) is 11.2. The van der Waals surface area contributed by atoms with Crippen LogP contribution in [0.25, 0.3) is 11.3 Å². The molecule has 0 saturated heterocycles. The minimum absolute atomic E-state index is 0.0356. The van der Waals surface area contributed by atoms with Gasteiger partial charge in [-0.2, -0.15) is 0 Å². The Labute approximate surface area is 204 Å². The lowest BCUT2D eigenvalue weighted by Gasteiger charge is -2.22. The fourth-order valence-corrected chi connectivity index (χ4v) is 3.49. The number of pyridine rings is 1. The van der Waals surface area contributed by atoms with Gasteiger partial charge in [-0.1, -0.05) is 24.8 Å². The third-order valence-corrected chi connectivity index (χ3v) is 5.13. The summed E-state index contributed by atoms with van der Waals surface area (Å²) in [5.41, 5.74) is 13.6. The zero-order chi connectivity index (χ0) is 25.6. The molecule has 1 atom stereocenters. The molecule has 8 nitrogen and oxygen atoms in total. The van der Waals surface area contributed by atoms with E-state index >= 15 is 0 Å². The molecule has 2 aromatic heterocycles. The number of rotatable bonds is 7. The Morgan fingerprint density at radius 3 is 2.60 bits per heavy atom. The molecule has 3 aromatic rings. The minimum atomic E-state index is -0.841. The number of aryl methyl sites for hydroxylation is 1. The maximum atomic E-state index is 14.9. The molecule has 0 fully saturated rings. The molecule has 3 rings (SSSR count). The Kier molecular flexibility index (Phi) is 8.12. The van der Waals surface area contributed by atoms with Gasteiger partial charge in [0.2, 0.25) is 0 Å². The summed E-state index contributed by atoms with van der Waals surface area (Å²) in [4.78, 5) is 25.1. The third kappa shape index (κ3) is 7.06. The number of amides is 1. The predicted octanol–water partition coefficient (Wildman–Crippen LogP) is 2.44. The maximum Gasteiger partial charge on any atom is 0.254 e. The fourth-order valence-electron chi connectivity index (χ4n) is 3.49. The van der Waals surface area contributed by atoms with Gasteiger partial charge in [-0.05, 0) is 51.0 Å². The number of hydrogen-bond acceptors (Lipinski definition) is 7. The number of nitrogen functional groups attached to an aromatic ring is 1. The molecule has 1 amide bonds. The molecule has 9 heteroatoms. The van der Waals surface area contributed by atoms with Gasteiger partial charge in [-0.3, -0.25) is 4.79 Å². The number of nitrogens with zero attached hydrogens (tertiary/aromatic N) is 3. The van der Waals surface area contributed by atoms with E-state index in [4.69, 9.17) is 11.5 Å². The highest BCUT2D eigenvalue weighted by molar-refractivity contribution is 5.95. The smallest absolute Gasteiger partial charge is 0.254 e. The van der Waals surface area contributed by atoms with E-state index in [1.807, 2.05) is 6.92 Å². The standard InChI is InChI=1S/C26H29FN6O2/c1-4-22-20(8-5-16-6-10-23(28)30-13-16)24(33-15-32-22)17-7-9-19(21(27)11-17)25(35)31-14-18(34)12-26(2,3)29/h6-7,9-11,13,15,18,34H,4,12,14,29H2,1-3H3,(H2,28,30)(H,31,35). The molecular weight excluding hydrogens is 447 g/mol. The number of aliphatic hydroxyl groups is 1. The fraction of sp³-hybridized carbons (Fsp3) is 0.308. The Morgan fingerprint density at radius 2 is 1.97 bits per heavy atom. The van der Waals surface area contributed by atoms with E-state index in [9.17, 15) is 14.3 Å². The average molecular weight is 477 g/mol. The van der Waals surface area contributed by atoms with Gasteiger partial charge in [0.25, 0.3) is 5.91 Å². The molecule has 0 aliphatic rings. The van der Waals surface area contributed by atoms with E-state index in [2.05, 4.69) is 32.1 Å². The normalized spacial score (nSPS) is 11.9. The number of aromatic nitrogens is 3. The van der Waals surface area contributed by atoms with Crippen molar-refractivity contribution < 1.29 is 14.3 Å². The number of carbonyl (C=O) groups is 1. The second-order valence-corrected chi connectivity index (χ2v) is 8.87. The molecular formula is C26H29FN6O2. The van der Waals surface area contributed by atoms with Crippen molar-refractivity contribution in [2.75, 3.05) is 12.3 Å². The van der Waals surface area contributed by atoms with Gasteiger partial charge in [-0.15, -0.1) is 0 Å². The molecule has 1 unspecified atom stereocenters. The summed E-state index contributed by atoms with van der Waals surface area (Å²) < 4.78 is 14.9. The summed E-state index contributed by atoms with van der Waals surface area (Å²) in [6.07, 6.45) is 3.02. The van der Waals surface area contributed by atoms with Crippen molar-refractivity contribution in [2.24, 2.45) is 5.73 Å². The van der Waals surface area contributed by atoms with Crippen molar-refractivity contribution in [3.8, 4) is 23.1 Å². The van der Waals surface area contributed by atoms with Gasteiger partial charge in [-0.25, -0.2) is 19.3 Å². The number of anilines is 1. The summed E-state index contributed by atoms with van der Waals surface area (Å²) >= 11 is 0. The van der Waals surface area contributed by atoms with Gasteiger partial charge in [0, 0.05) is 29.4 Å². The highest BCUT2D eigenvalue weighted by Gasteiger charge is 2.20. The highest BCUT2D eigenvalue weighted by atomic mass is 19.1. The minimum Gasteiger partial charge on any atom is -0.391 e. The van der Waals surface area contributed by atoms with Gasteiger partial charge < -0.3 is 21.9 Å². The van der Waals surface area contributed by atoms with Crippen molar-refractivity contribution in [2.45, 2.75) is 45.3 Å². The summed E-state index contributed by atoms with van der Waals surface area (Å²) in [5, 5.41) is 12.6. The number of hydrogen-bond donors (Lipinski definition) is 4. The summed E-state index contributed by atoms with van der Waals surface area (Å²) in [6.45, 7) is 5.46. The van der Waals surface area contributed by atoms with E-state index in [0.717, 1.165) is 0 Å². The Bertz CT molecular complexity index is 1260. The molecule has 2 heterocycles. The second-order valence-electron chi connectivity index (χ2n) is 8.87. The molecule has 6 N–H and O–H groups in total. The van der Waals surface area contributed by atoms with Crippen LogP contribution in [-0.4, -0.2) is 44.2 Å². The number of nitrogens with one attached hydrogen (secondary N) is 1. The van der Waals surface area contributed by atoms with E-state index in [0.29, 0.717) is 46.7 Å². The first-order chi connectivity index (χ1) is 16.6. The molecule has 0 aliphatic carbocycles. The zero-order valence-electron chi connectivity index (χ0n) is 20.0. The lowest BCUT2D eigenvalue weighted by Crippen LogP contribution is -2.41. The molecule has 0 spiro atoms. The van der Waals surface area contributed by atoms with E-state index < -0.39 is 23.4 Å². The van der Waals surface area contributed by atoms with Crippen LogP contribution in [-0.2, 0) is 6.42 Å². The van der Waals surface area contributed by atoms with Crippen LogP contribution in [0, 0.1) is 17.7 Å². The monoisotopic (exact) mass is 476 g/mol. The molecule has 35 heavy (non-hydrogen) atoms. The predicted molar refractivity (Wildman–Crippen MR) is 133 cm³/mol. The molecule has 0 aliphatic heterocycles. The third-order valence-electron chi connectivity index (χ3n) is 5.13. The summed E-state index contributed by atoms with van der Waals surface area (Å²) in [7, 11) is 0. The SMILES string of the molecule is CCc1ncnc(-c2ccc(C(=O)NCC(O)CC(C)(C)N)c(F)c2)c1C#Cc1ccc(N)nc1. The molecule has 182 valence electrons. The molecule has 1 aromatic carbocycles. The number of aliphatic hydroxyl groups excluding tert-OH is 1. The highest BCUT2D eigenvalue weighted by Crippen LogP contribution is 2.25. The van der Waals surface area contributed by atoms with E-state index in [1.165, 1.54) is 18.5 Å².